The summed E-state index contributed by atoms with van der Waals surface area (Å²) in [5.41, 5.74) is 0.701. The zero-order valence-corrected chi connectivity index (χ0v) is 10.7. The van der Waals surface area contributed by atoms with E-state index in [1.165, 1.54) is 0 Å². The third-order valence-corrected chi connectivity index (χ3v) is 3.02. The Balaban J connectivity index is 2.78. The van der Waals surface area contributed by atoms with E-state index in [4.69, 9.17) is 11.6 Å². The molecule has 0 aliphatic heterocycles. The fourth-order valence-electron chi connectivity index (χ4n) is 0.821. The lowest BCUT2D eigenvalue weighted by molar-refractivity contribution is -0.115. The molecule has 0 spiro atoms. The number of hydrogen-bond donors (Lipinski definition) is 2. The van der Waals surface area contributed by atoms with Crippen LogP contribution in [0.5, 0.6) is 0 Å². The molecule has 76 valence electrons. The smallest absolute Gasteiger partial charge is 0.236 e. The molecular weight excluding hydrogens is 286 g/mol. The molecule has 1 atom stereocenters. The summed E-state index contributed by atoms with van der Waals surface area (Å²) >= 11 is 13.1. The maximum Gasteiger partial charge on any atom is 0.236 e. The van der Waals surface area contributed by atoms with Crippen LogP contribution in [0, 0.1) is 0 Å². The van der Waals surface area contributed by atoms with Crippen LogP contribution in [0.1, 0.15) is 6.92 Å². The lowest BCUT2D eigenvalue weighted by atomic mass is 10.3. The Hall–Kier alpha value is -0.190. The molecule has 14 heavy (non-hydrogen) atoms. The normalized spacial score (nSPS) is 12.3. The number of halogens is 2. The van der Waals surface area contributed by atoms with Crippen LogP contribution in [-0.4, -0.2) is 11.2 Å². The number of rotatable bonds is 2. The summed E-state index contributed by atoms with van der Waals surface area (Å²) in [4.78, 5) is 11.3. The van der Waals surface area contributed by atoms with E-state index < -0.39 is 0 Å². The highest BCUT2D eigenvalue weighted by Gasteiger charge is 2.08. The fourth-order valence-corrected chi connectivity index (χ4v) is 1.38. The van der Waals surface area contributed by atoms with Gasteiger partial charge in [0, 0.05) is 10.2 Å². The van der Waals surface area contributed by atoms with Crippen molar-refractivity contribution in [3.63, 3.8) is 0 Å². The van der Waals surface area contributed by atoms with Crippen LogP contribution in [0.2, 0.25) is 5.02 Å². The maximum absolute atomic E-state index is 11.3. The van der Waals surface area contributed by atoms with Crippen molar-refractivity contribution >= 4 is 51.8 Å². The molecule has 1 rings (SSSR count). The zero-order chi connectivity index (χ0) is 10.7. The summed E-state index contributed by atoms with van der Waals surface area (Å²) in [7, 11) is 0. The molecule has 1 unspecified atom stereocenters. The van der Waals surface area contributed by atoms with E-state index in [1.54, 1.807) is 25.1 Å². The number of nitrogens with one attached hydrogen (secondary N) is 1. The Morgan fingerprint density at radius 2 is 2.29 bits per heavy atom. The van der Waals surface area contributed by atoms with Crippen molar-refractivity contribution in [3.05, 3.63) is 27.7 Å². The number of benzene rings is 1. The van der Waals surface area contributed by atoms with Crippen LogP contribution in [0.3, 0.4) is 0 Å². The second kappa shape index (κ2) is 5.05. The molecule has 0 saturated carbocycles. The van der Waals surface area contributed by atoms with Crippen molar-refractivity contribution in [1.29, 1.82) is 0 Å². The van der Waals surface area contributed by atoms with Crippen molar-refractivity contribution in [3.8, 4) is 0 Å². The van der Waals surface area contributed by atoms with E-state index in [1.807, 2.05) is 0 Å². The van der Waals surface area contributed by atoms with Gasteiger partial charge >= 0.3 is 0 Å². The second-order valence-corrected chi connectivity index (χ2v) is 4.83. The number of amides is 1. The highest BCUT2D eigenvalue weighted by Crippen LogP contribution is 2.25. The van der Waals surface area contributed by atoms with E-state index in [0.717, 1.165) is 4.47 Å². The molecule has 1 N–H and O–H groups in total. The lowest BCUT2D eigenvalue weighted by Crippen LogP contribution is -2.20. The zero-order valence-electron chi connectivity index (χ0n) is 7.42. The van der Waals surface area contributed by atoms with Gasteiger partial charge < -0.3 is 5.32 Å². The number of carbonyl (C=O) groups is 1. The minimum atomic E-state index is -0.329. The molecule has 0 aliphatic rings. The highest BCUT2D eigenvalue weighted by atomic mass is 79.9. The predicted octanol–water partition coefficient (Wildman–Crippen LogP) is 3.36. The number of hydrogen-bond acceptors (Lipinski definition) is 2. The summed E-state index contributed by atoms with van der Waals surface area (Å²) < 4.78 is 0.754. The summed E-state index contributed by atoms with van der Waals surface area (Å²) in [6.45, 7) is 1.71. The van der Waals surface area contributed by atoms with E-state index >= 15 is 0 Å². The van der Waals surface area contributed by atoms with Crippen LogP contribution < -0.4 is 5.32 Å². The molecule has 1 aromatic carbocycles. The van der Waals surface area contributed by atoms with Crippen molar-refractivity contribution in [2.75, 3.05) is 5.32 Å². The van der Waals surface area contributed by atoms with Crippen LogP contribution in [0.4, 0.5) is 5.69 Å². The van der Waals surface area contributed by atoms with Crippen LogP contribution >= 0.6 is 40.2 Å². The molecule has 0 saturated heterocycles. The summed E-state index contributed by atoms with van der Waals surface area (Å²) in [5, 5.41) is 2.99. The SMILES string of the molecule is CC(S)C(=O)Nc1ccc(Cl)c(Br)c1. The number of thiol groups is 1. The Morgan fingerprint density at radius 3 is 2.79 bits per heavy atom. The molecular formula is C9H9BrClNOS. The Morgan fingerprint density at radius 1 is 1.64 bits per heavy atom. The van der Waals surface area contributed by atoms with E-state index in [2.05, 4.69) is 33.9 Å². The van der Waals surface area contributed by atoms with E-state index in [9.17, 15) is 4.79 Å². The van der Waals surface area contributed by atoms with Crippen molar-refractivity contribution in [2.24, 2.45) is 0 Å². The van der Waals surface area contributed by atoms with Gasteiger partial charge in [0.25, 0.3) is 0 Å². The largest absolute Gasteiger partial charge is 0.325 e. The highest BCUT2D eigenvalue weighted by molar-refractivity contribution is 9.10. The monoisotopic (exact) mass is 293 g/mol. The molecule has 0 fully saturated rings. The molecule has 5 heteroatoms. The Bertz CT molecular complexity index is 357. The third-order valence-electron chi connectivity index (χ3n) is 1.57. The Labute approximate surface area is 102 Å². The van der Waals surface area contributed by atoms with Crippen LogP contribution in [0.25, 0.3) is 0 Å². The van der Waals surface area contributed by atoms with Gasteiger partial charge in [-0.05, 0) is 41.1 Å². The molecule has 0 aliphatic carbocycles. The summed E-state index contributed by atoms with van der Waals surface area (Å²) in [6.07, 6.45) is 0. The predicted molar refractivity (Wildman–Crippen MR) is 66.2 cm³/mol. The second-order valence-electron chi connectivity index (χ2n) is 2.79. The first-order valence-electron chi connectivity index (χ1n) is 3.94. The number of carbonyl (C=O) groups excluding carboxylic acids is 1. The van der Waals surface area contributed by atoms with Gasteiger partial charge in [0.1, 0.15) is 0 Å². The first-order valence-corrected chi connectivity index (χ1v) is 5.63. The van der Waals surface area contributed by atoms with Gasteiger partial charge in [-0.15, -0.1) is 0 Å². The van der Waals surface area contributed by atoms with Gasteiger partial charge in [-0.1, -0.05) is 11.6 Å². The van der Waals surface area contributed by atoms with Crippen molar-refractivity contribution in [2.45, 2.75) is 12.2 Å². The molecule has 0 aromatic heterocycles. The number of anilines is 1. The van der Waals surface area contributed by atoms with Gasteiger partial charge in [-0.25, -0.2) is 0 Å². The Kier molecular flexibility index (Phi) is 4.29. The molecule has 1 aromatic rings. The van der Waals surface area contributed by atoms with Gasteiger partial charge in [-0.3, -0.25) is 4.79 Å². The fraction of sp³-hybridized carbons (Fsp3) is 0.222. The maximum atomic E-state index is 11.3. The minimum Gasteiger partial charge on any atom is -0.325 e. The quantitative estimate of drug-likeness (QED) is 0.805. The van der Waals surface area contributed by atoms with Crippen molar-refractivity contribution < 1.29 is 4.79 Å². The molecule has 0 radical (unpaired) electrons. The third kappa shape index (κ3) is 3.19. The standard InChI is InChI=1S/C9H9BrClNOS/c1-5(14)9(13)12-6-2-3-8(11)7(10)4-6/h2-5,14H,1H3,(H,12,13). The van der Waals surface area contributed by atoms with E-state index in [0.29, 0.717) is 10.7 Å². The minimum absolute atomic E-state index is 0.137. The van der Waals surface area contributed by atoms with Gasteiger partial charge in [0.15, 0.2) is 0 Å². The average Bonchev–Trinajstić information content (AvgIpc) is 2.11. The molecule has 1 amide bonds. The first-order chi connectivity index (χ1) is 6.50. The topological polar surface area (TPSA) is 29.1 Å². The van der Waals surface area contributed by atoms with Crippen molar-refractivity contribution in [1.82, 2.24) is 0 Å². The molecule has 0 bridgehead atoms. The molecule has 2 nitrogen and oxygen atoms in total. The van der Waals surface area contributed by atoms with Gasteiger partial charge in [0.2, 0.25) is 5.91 Å². The summed E-state index contributed by atoms with van der Waals surface area (Å²) in [5.74, 6) is -0.137. The van der Waals surface area contributed by atoms with E-state index in [-0.39, 0.29) is 11.2 Å². The molecule has 0 heterocycles. The summed E-state index contributed by atoms with van der Waals surface area (Å²) in [6, 6.07) is 5.20. The average molecular weight is 295 g/mol. The van der Waals surface area contributed by atoms with Gasteiger partial charge in [0.05, 0.1) is 10.3 Å². The van der Waals surface area contributed by atoms with Gasteiger partial charge in [-0.2, -0.15) is 12.6 Å². The van der Waals surface area contributed by atoms with Crippen LogP contribution in [-0.2, 0) is 4.79 Å². The van der Waals surface area contributed by atoms with Crippen LogP contribution in [0.15, 0.2) is 22.7 Å². The lowest BCUT2D eigenvalue weighted by Gasteiger charge is -2.07. The first kappa shape index (κ1) is 11.9.